The monoisotopic (exact) mass is 243 g/mol. The van der Waals surface area contributed by atoms with Crippen LogP contribution in [0.4, 0.5) is 0 Å². The first-order chi connectivity index (χ1) is 8.06. The molecule has 5 nitrogen and oxygen atoms in total. The van der Waals surface area contributed by atoms with Gasteiger partial charge >= 0.3 is 0 Å². The molecule has 0 aliphatic rings. The Hall–Kier alpha value is -1.10. The van der Waals surface area contributed by atoms with E-state index in [2.05, 4.69) is 22.9 Å². The minimum absolute atomic E-state index is 0.0601. The Morgan fingerprint density at radius 3 is 2.18 bits per heavy atom. The fourth-order valence-electron chi connectivity index (χ4n) is 1.14. The topological polar surface area (TPSA) is 70.2 Å². The maximum Gasteiger partial charge on any atom is 0.233 e. The fraction of sp³-hybridized carbons (Fsp3) is 0.833. The summed E-state index contributed by atoms with van der Waals surface area (Å²) in [7, 11) is 0. The van der Waals surface area contributed by atoms with Gasteiger partial charge in [0.25, 0.3) is 0 Å². The van der Waals surface area contributed by atoms with Gasteiger partial charge in [0.1, 0.15) is 0 Å². The van der Waals surface area contributed by atoms with E-state index in [1.807, 2.05) is 13.8 Å². The van der Waals surface area contributed by atoms with Gasteiger partial charge in [0, 0.05) is 13.1 Å². The molecule has 0 fully saturated rings. The van der Waals surface area contributed by atoms with Crippen molar-refractivity contribution in [2.75, 3.05) is 26.2 Å². The van der Waals surface area contributed by atoms with Crippen LogP contribution in [0.2, 0.25) is 0 Å². The zero-order valence-corrected chi connectivity index (χ0v) is 11.1. The zero-order valence-electron chi connectivity index (χ0n) is 11.1. The van der Waals surface area contributed by atoms with Gasteiger partial charge in [-0.3, -0.25) is 14.9 Å². The van der Waals surface area contributed by atoms with Crippen molar-refractivity contribution in [1.82, 2.24) is 16.0 Å². The number of carbonyl (C=O) groups is 2. The molecule has 0 aromatic heterocycles. The fourth-order valence-corrected chi connectivity index (χ4v) is 1.14. The van der Waals surface area contributed by atoms with E-state index < -0.39 is 0 Å². The van der Waals surface area contributed by atoms with E-state index >= 15 is 0 Å². The normalized spacial score (nSPS) is 10.4. The van der Waals surface area contributed by atoms with E-state index in [9.17, 15) is 9.59 Å². The lowest BCUT2D eigenvalue weighted by molar-refractivity contribution is -0.121. The van der Waals surface area contributed by atoms with Crippen LogP contribution < -0.4 is 16.0 Å². The summed E-state index contributed by atoms with van der Waals surface area (Å²) in [4.78, 5) is 22.5. The molecule has 0 aromatic carbocycles. The Morgan fingerprint density at radius 1 is 1.06 bits per heavy atom. The molecule has 17 heavy (non-hydrogen) atoms. The van der Waals surface area contributed by atoms with E-state index in [-0.39, 0.29) is 24.9 Å². The van der Waals surface area contributed by atoms with Crippen LogP contribution in [0.25, 0.3) is 0 Å². The molecular formula is C12H25N3O2. The third kappa shape index (κ3) is 11.2. The Labute approximate surface area is 104 Å². The number of hydrogen-bond donors (Lipinski definition) is 3. The number of unbranched alkanes of at least 4 members (excludes halogenated alkanes) is 1. The van der Waals surface area contributed by atoms with Crippen LogP contribution in [0.1, 0.15) is 33.6 Å². The van der Waals surface area contributed by atoms with Gasteiger partial charge in [-0.25, -0.2) is 0 Å². The molecule has 100 valence electrons. The lowest BCUT2D eigenvalue weighted by atomic mass is 10.2. The van der Waals surface area contributed by atoms with Crippen LogP contribution in [-0.2, 0) is 9.59 Å². The first-order valence-corrected chi connectivity index (χ1v) is 6.30. The molecule has 5 heteroatoms. The van der Waals surface area contributed by atoms with E-state index in [0.29, 0.717) is 19.0 Å². The van der Waals surface area contributed by atoms with E-state index in [1.165, 1.54) is 0 Å². The molecular weight excluding hydrogens is 218 g/mol. The number of nitrogens with one attached hydrogen (secondary N) is 3. The first kappa shape index (κ1) is 15.9. The minimum Gasteiger partial charge on any atom is -0.355 e. The predicted octanol–water partition coefficient (Wildman–Crippen LogP) is 0.265. The summed E-state index contributed by atoms with van der Waals surface area (Å²) in [6.07, 6.45) is 2.05. The number of hydrogen-bond acceptors (Lipinski definition) is 3. The molecule has 0 saturated heterocycles. The van der Waals surface area contributed by atoms with Crippen molar-refractivity contribution in [2.24, 2.45) is 5.92 Å². The van der Waals surface area contributed by atoms with Crippen molar-refractivity contribution in [1.29, 1.82) is 0 Å². The molecule has 2 amide bonds. The average molecular weight is 243 g/mol. The van der Waals surface area contributed by atoms with Gasteiger partial charge in [0.05, 0.1) is 13.1 Å². The van der Waals surface area contributed by atoms with Crippen LogP contribution in [-0.4, -0.2) is 38.0 Å². The van der Waals surface area contributed by atoms with Gasteiger partial charge in [0.2, 0.25) is 11.8 Å². The summed E-state index contributed by atoms with van der Waals surface area (Å²) in [6.45, 7) is 7.90. The third-order valence-electron chi connectivity index (χ3n) is 2.13. The number of amides is 2. The highest BCUT2D eigenvalue weighted by molar-refractivity contribution is 5.81. The first-order valence-electron chi connectivity index (χ1n) is 6.30. The number of rotatable bonds is 9. The Balaban J connectivity index is 3.42. The molecule has 0 unspecified atom stereocenters. The third-order valence-corrected chi connectivity index (χ3v) is 2.13. The predicted molar refractivity (Wildman–Crippen MR) is 68.6 cm³/mol. The lowest BCUT2D eigenvalue weighted by Gasteiger charge is -2.08. The Morgan fingerprint density at radius 2 is 1.65 bits per heavy atom. The summed E-state index contributed by atoms with van der Waals surface area (Å²) in [5.41, 5.74) is 0. The zero-order chi connectivity index (χ0) is 13.1. The quantitative estimate of drug-likeness (QED) is 0.509. The van der Waals surface area contributed by atoms with Crippen molar-refractivity contribution >= 4 is 11.8 Å². The summed E-state index contributed by atoms with van der Waals surface area (Å²) in [5, 5.41) is 8.36. The molecule has 0 atom stereocenters. The molecule has 3 N–H and O–H groups in total. The largest absolute Gasteiger partial charge is 0.355 e. The van der Waals surface area contributed by atoms with Crippen molar-refractivity contribution in [2.45, 2.75) is 33.6 Å². The molecule has 0 aliphatic carbocycles. The van der Waals surface area contributed by atoms with Crippen molar-refractivity contribution in [3.63, 3.8) is 0 Å². The van der Waals surface area contributed by atoms with Gasteiger partial charge in [-0.1, -0.05) is 27.2 Å². The van der Waals surface area contributed by atoms with Crippen LogP contribution in [0.5, 0.6) is 0 Å². The highest BCUT2D eigenvalue weighted by Crippen LogP contribution is 1.86. The second kappa shape index (κ2) is 10.1. The molecule has 0 aromatic rings. The summed E-state index contributed by atoms with van der Waals surface area (Å²) in [6, 6.07) is 0. The Bertz CT molecular complexity index is 230. The van der Waals surface area contributed by atoms with Gasteiger partial charge in [0.15, 0.2) is 0 Å². The molecule has 0 radical (unpaired) electrons. The van der Waals surface area contributed by atoms with Crippen LogP contribution >= 0.6 is 0 Å². The number of carbonyl (C=O) groups excluding carboxylic acids is 2. The molecule has 0 spiro atoms. The molecule has 0 aliphatic heterocycles. The smallest absolute Gasteiger partial charge is 0.233 e. The molecule has 0 heterocycles. The SMILES string of the molecule is CCCCNC(=O)CNCC(=O)NCC(C)C. The second-order valence-corrected chi connectivity index (χ2v) is 4.50. The summed E-state index contributed by atoms with van der Waals surface area (Å²) in [5.74, 6) is 0.312. The van der Waals surface area contributed by atoms with Crippen molar-refractivity contribution < 1.29 is 9.59 Å². The van der Waals surface area contributed by atoms with Crippen molar-refractivity contribution in [3.8, 4) is 0 Å². The lowest BCUT2D eigenvalue weighted by Crippen LogP contribution is -2.40. The van der Waals surface area contributed by atoms with Gasteiger partial charge in [-0.15, -0.1) is 0 Å². The standard InChI is InChI=1S/C12H25N3O2/c1-4-5-6-14-11(16)8-13-9-12(17)15-7-10(2)3/h10,13H,4-9H2,1-3H3,(H,14,16)(H,15,17). The molecule has 0 saturated carbocycles. The van der Waals surface area contributed by atoms with E-state index in [0.717, 1.165) is 12.8 Å². The van der Waals surface area contributed by atoms with Gasteiger partial charge in [-0.2, -0.15) is 0 Å². The maximum atomic E-state index is 11.3. The second-order valence-electron chi connectivity index (χ2n) is 4.50. The van der Waals surface area contributed by atoms with E-state index in [1.54, 1.807) is 0 Å². The summed E-state index contributed by atoms with van der Waals surface area (Å²) < 4.78 is 0. The van der Waals surface area contributed by atoms with Crippen LogP contribution in [0.15, 0.2) is 0 Å². The van der Waals surface area contributed by atoms with Crippen LogP contribution in [0.3, 0.4) is 0 Å². The molecule has 0 rings (SSSR count). The van der Waals surface area contributed by atoms with E-state index in [4.69, 9.17) is 0 Å². The maximum absolute atomic E-state index is 11.3. The molecule has 0 bridgehead atoms. The minimum atomic E-state index is -0.0694. The Kier molecular flexibility index (Phi) is 9.43. The average Bonchev–Trinajstić information content (AvgIpc) is 2.27. The van der Waals surface area contributed by atoms with Crippen molar-refractivity contribution in [3.05, 3.63) is 0 Å². The summed E-state index contributed by atoms with van der Waals surface area (Å²) >= 11 is 0. The highest BCUT2D eigenvalue weighted by atomic mass is 16.2. The van der Waals surface area contributed by atoms with Gasteiger partial charge in [-0.05, 0) is 12.3 Å². The highest BCUT2D eigenvalue weighted by Gasteiger charge is 2.03. The van der Waals surface area contributed by atoms with Gasteiger partial charge < -0.3 is 10.6 Å². The van der Waals surface area contributed by atoms with Crippen LogP contribution in [0, 0.1) is 5.92 Å².